The van der Waals surface area contributed by atoms with Crippen molar-refractivity contribution in [2.75, 3.05) is 7.11 Å². The molecular formula is C25H23NO6S. The number of fused-ring (bicyclic) bond motifs is 1. The van der Waals surface area contributed by atoms with Crippen molar-refractivity contribution in [1.82, 2.24) is 0 Å². The third-order valence-corrected chi connectivity index (χ3v) is 7.71. The number of nitrogens with zero attached hydrogens (tertiary/aromatic N) is 1. The number of carbonyl (C=O) groups is 1. The SMILES string of the molecule is COC(=O)c1cc2c(cc1OCc1ccccc1)CCC(=NO)C2S(=O)(=O)c1ccccc1. The van der Waals surface area contributed by atoms with Crippen LogP contribution in [0.15, 0.2) is 82.8 Å². The van der Waals surface area contributed by atoms with Crippen LogP contribution in [0.25, 0.3) is 0 Å². The highest BCUT2D eigenvalue weighted by molar-refractivity contribution is 7.92. The number of carbonyl (C=O) groups excluding carboxylic acids is 1. The van der Waals surface area contributed by atoms with Crippen molar-refractivity contribution >= 4 is 21.5 Å². The van der Waals surface area contributed by atoms with Gasteiger partial charge in [-0.25, -0.2) is 13.2 Å². The first kappa shape index (κ1) is 22.5. The van der Waals surface area contributed by atoms with Crippen molar-refractivity contribution in [3.05, 3.63) is 95.1 Å². The molecule has 1 aliphatic rings. The van der Waals surface area contributed by atoms with Crippen LogP contribution in [0, 0.1) is 0 Å². The van der Waals surface area contributed by atoms with Crippen LogP contribution in [0.4, 0.5) is 0 Å². The van der Waals surface area contributed by atoms with Crippen LogP contribution in [0.3, 0.4) is 0 Å². The van der Waals surface area contributed by atoms with E-state index in [0.29, 0.717) is 23.3 Å². The number of hydrogen-bond acceptors (Lipinski definition) is 7. The summed E-state index contributed by atoms with van der Waals surface area (Å²) in [4.78, 5) is 12.7. The molecule has 7 nitrogen and oxygen atoms in total. The zero-order valence-electron chi connectivity index (χ0n) is 18.0. The molecule has 33 heavy (non-hydrogen) atoms. The molecule has 1 aliphatic carbocycles. The second-order valence-corrected chi connectivity index (χ2v) is 9.68. The van der Waals surface area contributed by atoms with E-state index in [2.05, 4.69) is 5.16 Å². The van der Waals surface area contributed by atoms with E-state index in [4.69, 9.17) is 9.47 Å². The molecule has 4 rings (SSSR count). The van der Waals surface area contributed by atoms with Gasteiger partial charge in [-0.05, 0) is 53.8 Å². The summed E-state index contributed by atoms with van der Waals surface area (Å²) in [6.45, 7) is 0.235. The molecule has 1 N–H and O–H groups in total. The Balaban J connectivity index is 1.81. The number of ether oxygens (including phenoxy) is 2. The van der Waals surface area contributed by atoms with Crippen LogP contribution in [0.5, 0.6) is 5.75 Å². The first-order valence-electron chi connectivity index (χ1n) is 10.4. The molecule has 1 atom stereocenters. The molecule has 3 aromatic rings. The molecule has 0 saturated heterocycles. The van der Waals surface area contributed by atoms with Crippen molar-refractivity contribution in [3.63, 3.8) is 0 Å². The summed E-state index contributed by atoms with van der Waals surface area (Å²) in [5.74, 6) is -0.338. The van der Waals surface area contributed by atoms with Crippen LogP contribution in [0.1, 0.15) is 38.7 Å². The van der Waals surface area contributed by atoms with Gasteiger partial charge in [0.2, 0.25) is 0 Å². The van der Waals surface area contributed by atoms with Crippen molar-refractivity contribution in [3.8, 4) is 5.75 Å². The Morgan fingerprint density at radius 2 is 1.70 bits per heavy atom. The average molecular weight is 466 g/mol. The van der Waals surface area contributed by atoms with Gasteiger partial charge >= 0.3 is 5.97 Å². The molecule has 0 radical (unpaired) electrons. The van der Waals surface area contributed by atoms with Gasteiger partial charge in [0, 0.05) is 0 Å². The lowest BCUT2D eigenvalue weighted by molar-refractivity contribution is 0.0595. The largest absolute Gasteiger partial charge is 0.488 e. The maximum Gasteiger partial charge on any atom is 0.341 e. The highest BCUT2D eigenvalue weighted by Crippen LogP contribution is 2.40. The van der Waals surface area contributed by atoms with Crippen LogP contribution in [0.2, 0.25) is 0 Å². The van der Waals surface area contributed by atoms with Gasteiger partial charge in [-0.15, -0.1) is 0 Å². The Hall–Kier alpha value is -3.65. The van der Waals surface area contributed by atoms with E-state index in [1.807, 2.05) is 30.3 Å². The molecule has 170 valence electrons. The van der Waals surface area contributed by atoms with Crippen LogP contribution < -0.4 is 4.74 Å². The molecule has 0 aliphatic heterocycles. The quantitative estimate of drug-likeness (QED) is 0.330. The Kier molecular flexibility index (Phi) is 6.46. The maximum atomic E-state index is 13.5. The third-order valence-electron chi connectivity index (χ3n) is 5.63. The second-order valence-electron chi connectivity index (χ2n) is 7.64. The summed E-state index contributed by atoms with van der Waals surface area (Å²) >= 11 is 0. The topological polar surface area (TPSA) is 102 Å². The lowest BCUT2D eigenvalue weighted by atomic mass is 9.88. The minimum absolute atomic E-state index is 0.105. The van der Waals surface area contributed by atoms with Gasteiger partial charge in [-0.3, -0.25) is 0 Å². The fraction of sp³-hybridized carbons (Fsp3) is 0.200. The highest BCUT2D eigenvalue weighted by Gasteiger charge is 2.39. The van der Waals surface area contributed by atoms with Crippen LogP contribution in [-0.4, -0.2) is 32.4 Å². The Morgan fingerprint density at radius 3 is 2.33 bits per heavy atom. The van der Waals surface area contributed by atoms with E-state index < -0.39 is 21.1 Å². The van der Waals surface area contributed by atoms with E-state index in [1.54, 1.807) is 24.3 Å². The molecule has 0 spiro atoms. The Bertz CT molecular complexity index is 1290. The molecule has 0 saturated carbocycles. The molecule has 1 unspecified atom stereocenters. The molecule has 0 heterocycles. The van der Waals surface area contributed by atoms with Gasteiger partial charge in [0.05, 0.1) is 17.7 Å². The van der Waals surface area contributed by atoms with Crippen molar-refractivity contribution < 1.29 is 27.9 Å². The standard InChI is InChI=1S/C25H23NO6S/c1-31-25(27)21-15-20-18(14-23(21)32-16-17-8-4-2-5-9-17)12-13-22(26-28)24(20)33(29,30)19-10-6-3-7-11-19/h2-11,14-15,24,28H,12-13,16H2,1H3. The summed E-state index contributed by atoms with van der Waals surface area (Å²) in [5, 5.41) is 11.7. The normalized spacial score (nSPS) is 16.8. The number of hydrogen-bond donors (Lipinski definition) is 1. The van der Waals surface area contributed by atoms with Gasteiger partial charge in [0.15, 0.2) is 9.84 Å². The minimum Gasteiger partial charge on any atom is -0.488 e. The zero-order valence-corrected chi connectivity index (χ0v) is 18.8. The van der Waals surface area contributed by atoms with Crippen molar-refractivity contribution in [2.45, 2.75) is 29.6 Å². The van der Waals surface area contributed by atoms with E-state index in [9.17, 15) is 18.4 Å². The summed E-state index contributed by atoms with van der Waals surface area (Å²) in [5.41, 5.74) is 2.25. The molecule has 0 aromatic heterocycles. The molecule has 8 heteroatoms. The van der Waals surface area contributed by atoms with E-state index in [1.165, 1.54) is 25.3 Å². The van der Waals surface area contributed by atoms with E-state index >= 15 is 0 Å². The zero-order chi connectivity index (χ0) is 23.4. The number of rotatable bonds is 6. The number of sulfone groups is 1. The van der Waals surface area contributed by atoms with Gasteiger partial charge in [-0.1, -0.05) is 53.7 Å². The smallest absolute Gasteiger partial charge is 0.341 e. The second kappa shape index (κ2) is 9.46. The van der Waals surface area contributed by atoms with Gasteiger partial charge < -0.3 is 14.7 Å². The summed E-state index contributed by atoms with van der Waals surface area (Å²) < 4.78 is 37.9. The Morgan fingerprint density at radius 1 is 1.03 bits per heavy atom. The predicted molar refractivity (Wildman–Crippen MR) is 122 cm³/mol. The highest BCUT2D eigenvalue weighted by atomic mass is 32.2. The summed E-state index contributed by atoms with van der Waals surface area (Å²) in [6, 6.07) is 20.6. The summed E-state index contributed by atoms with van der Waals surface area (Å²) in [6.07, 6.45) is 0.703. The van der Waals surface area contributed by atoms with E-state index in [-0.39, 0.29) is 29.2 Å². The Labute approximate surface area is 192 Å². The van der Waals surface area contributed by atoms with Gasteiger partial charge in [-0.2, -0.15) is 0 Å². The number of aryl methyl sites for hydroxylation is 1. The number of oxime groups is 1. The maximum absolute atomic E-state index is 13.5. The van der Waals surface area contributed by atoms with E-state index in [0.717, 1.165) is 5.56 Å². The van der Waals surface area contributed by atoms with Crippen LogP contribution in [-0.2, 0) is 27.6 Å². The first-order chi connectivity index (χ1) is 16.0. The minimum atomic E-state index is -3.94. The number of esters is 1. The molecule has 0 amide bonds. The lowest BCUT2D eigenvalue weighted by Crippen LogP contribution is -2.28. The summed E-state index contributed by atoms with van der Waals surface area (Å²) in [7, 11) is -2.69. The third kappa shape index (κ3) is 4.47. The number of benzene rings is 3. The fourth-order valence-corrected chi connectivity index (χ4v) is 5.88. The monoisotopic (exact) mass is 465 g/mol. The molecular weight excluding hydrogens is 442 g/mol. The first-order valence-corrected chi connectivity index (χ1v) is 11.9. The fourth-order valence-electron chi connectivity index (χ4n) is 3.99. The molecule has 0 fully saturated rings. The van der Waals surface area contributed by atoms with Crippen LogP contribution >= 0.6 is 0 Å². The van der Waals surface area contributed by atoms with Gasteiger partial charge in [0.25, 0.3) is 0 Å². The number of methoxy groups -OCH3 is 1. The molecule has 0 bridgehead atoms. The predicted octanol–water partition coefficient (Wildman–Crippen LogP) is 4.34. The average Bonchev–Trinajstić information content (AvgIpc) is 2.86. The van der Waals surface area contributed by atoms with Crippen molar-refractivity contribution in [1.29, 1.82) is 0 Å². The lowest BCUT2D eigenvalue weighted by Gasteiger charge is -2.27. The molecule has 3 aromatic carbocycles. The van der Waals surface area contributed by atoms with Crippen molar-refractivity contribution in [2.24, 2.45) is 5.16 Å². The van der Waals surface area contributed by atoms with Gasteiger partial charge in [0.1, 0.15) is 23.2 Å².